The number of nitrogens with zero attached hydrogens (tertiary/aromatic N) is 4. The molecule has 5 N–H and O–H groups in total. The van der Waals surface area contributed by atoms with Crippen LogP contribution < -0.4 is 26.6 Å². The summed E-state index contributed by atoms with van der Waals surface area (Å²) < 4.78 is 46.2. The number of nitrogens with one attached hydrogen (secondary N) is 1. The number of nitrogens with two attached hydrogens (primary N) is 2. The maximum atomic E-state index is 13.7. The number of anilines is 2. The van der Waals surface area contributed by atoms with Gasteiger partial charge in [0.25, 0.3) is 5.91 Å². The van der Waals surface area contributed by atoms with Crippen molar-refractivity contribution in [3.8, 4) is 5.75 Å². The van der Waals surface area contributed by atoms with E-state index in [4.69, 9.17) is 16.3 Å². The number of amides is 1. The number of ether oxygens (including phenoxy) is 1. The summed E-state index contributed by atoms with van der Waals surface area (Å²) in [5, 5.41) is 3.88. The highest BCUT2D eigenvalue weighted by Crippen LogP contribution is 2.32. The van der Waals surface area contributed by atoms with Gasteiger partial charge in [0.2, 0.25) is 0 Å². The van der Waals surface area contributed by atoms with Gasteiger partial charge in [0.05, 0.1) is 30.3 Å². The van der Waals surface area contributed by atoms with Crippen molar-refractivity contribution in [3.63, 3.8) is 0 Å². The molecule has 0 fully saturated rings. The summed E-state index contributed by atoms with van der Waals surface area (Å²) in [6, 6.07) is 10.1. The predicted octanol–water partition coefficient (Wildman–Crippen LogP) is 4.30. The lowest BCUT2D eigenvalue weighted by molar-refractivity contribution is -0.137. The van der Waals surface area contributed by atoms with Gasteiger partial charge in [-0.25, -0.2) is 5.84 Å². The lowest BCUT2D eigenvalue weighted by Gasteiger charge is -2.21. The second-order valence-electron chi connectivity index (χ2n) is 10.0. The van der Waals surface area contributed by atoms with Gasteiger partial charge in [-0.2, -0.15) is 13.2 Å². The molecule has 1 aromatic heterocycles. The Labute approximate surface area is 238 Å². The normalized spacial score (nSPS) is 12.1. The standard InChI is InChI=1S/C29H36F3N7O2/c1-19-6-7-21(13-27(19)39(34)18-26(33)22-12-25(41-5)16-35-15-22)28(40)36-24-11-20(10-23(14-24)29(30,31)32)17-38(4)9-8-37(2)3/h6-7,10-16,18H,8-9,17,33-34H2,1-5H3,(H,36,40)/b26-18-. The number of alkyl halides is 3. The first-order valence-corrected chi connectivity index (χ1v) is 12.7. The Morgan fingerprint density at radius 3 is 2.44 bits per heavy atom. The molecule has 9 nitrogen and oxygen atoms in total. The van der Waals surface area contributed by atoms with Gasteiger partial charge in [0, 0.05) is 48.8 Å². The number of methoxy groups -OCH3 is 1. The van der Waals surface area contributed by atoms with Crippen molar-refractivity contribution in [2.45, 2.75) is 19.6 Å². The average molecular weight is 572 g/mol. The van der Waals surface area contributed by atoms with E-state index in [1.807, 2.05) is 30.9 Å². The molecule has 12 heteroatoms. The van der Waals surface area contributed by atoms with Gasteiger partial charge in [-0.1, -0.05) is 6.07 Å². The summed E-state index contributed by atoms with van der Waals surface area (Å²) in [5.74, 6) is 6.20. The highest BCUT2D eigenvalue weighted by Gasteiger charge is 2.31. The molecular formula is C29H36F3N7O2. The fourth-order valence-corrected chi connectivity index (χ4v) is 3.99. The number of carbonyl (C=O) groups excluding carboxylic acids is 1. The van der Waals surface area contributed by atoms with Crippen LogP contribution in [-0.4, -0.2) is 62.0 Å². The summed E-state index contributed by atoms with van der Waals surface area (Å²) in [6.07, 6.45) is 0.00792. The Hall–Kier alpha value is -4.13. The number of hydrogen-bond donors (Lipinski definition) is 3. The van der Waals surface area contributed by atoms with Crippen molar-refractivity contribution < 1.29 is 22.7 Å². The SMILES string of the molecule is COc1cncc(/C(N)=C/N(N)c2cc(C(=O)Nc3cc(CN(C)CCN(C)C)cc(C(F)(F)F)c3)ccc2C)c1. The van der Waals surface area contributed by atoms with Gasteiger partial charge in [-0.15, -0.1) is 0 Å². The van der Waals surface area contributed by atoms with Crippen LogP contribution in [0, 0.1) is 6.92 Å². The molecular weight excluding hydrogens is 535 g/mol. The smallest absolute Gasteiger partial charge is 0.416 e. The molecule has 0 unspecified atom stereocenters. The summed E-state index contributed by atoms with van der Waals surface area (Å²) in [6.45, 7) is 3.51. The third-order valence-corrected chi connectivity index (χ3v) is 6.27. The molecule has 0 spiro atoms. The third kappa shape index (κ3) is 8.93. The molecule has 0 radical (unpaired) electrons. The first-order valence-electron chi connectivity index (χ1n) is 12.7. The Bertz CT molecular complexity index is 1390. The highest BCUT2D eigenvalue weighted by molar-refractivity contribution is 6.05. The largest absolute Gasteiger partial charge is 0.495 e. The molecule has 3 aromatic rings. The van der Waals surface area contributed by atoms with Gasteiger partial charge in [-0.3, -0.25) is 14.8 Å². The van der Waals surface area contributed by atoms with Crippen molar-refractivity contribution in [1.29, 1.82) is 0 Å². The third-order valence-electron chi connectivity index (χ3n) is 6.27. The lowest BCUT2D eigenvalue weighted by atomic mass is 10.1. The van der Waals surface area contributed by atoms with E-state index >= 15 is 0 Å². The van der Waals surface area contributed by atoms with Crippen LogP contribution in [0.4, 0.5) is 24.5 Å². The number of likely N-dealkylation sites (N-methyl/N-ethyl adjacent to an activating group) is 2. The first kappa shape index (κ1) is 31.4. The number of hydrazine groups is 1. The molecule has 0 aliphatic carbocycles. The number of hydrogen-bond acceptors (Lipinski definition) is 8. The lowest BCUT2D eigenvalue weighted by Crippen LogP contribution is -2.28. The number of aryl methyl sites for hydroxylation is 1. The van der Waals surface area contributed by atoms with E-state index in [9.17, 15) is 18.0 Å². The van der Waals surface area contributed by atoms with Crippen LogP contribution >= 0.6 is 0 Å². The van der Waals surface area contributed by atoms with Crippen molar-refractivity contribution in [1.82, 2.24) is 14.8 Å². The second-order valence-corrected chi connectivity index (χ2v) is 10.0. The van der Waals surface area contributed by atoms with Crippen LogP contribution in [0.25, 0.3) is 5.70 Å². The number of aromatic nitrogens is 1. The van der Waals surface area contributed by atoms with Crippen molar-refractivity contribution >= 4 is 23.0 Å². The zero-order valence-electron chi connectivity index (χ0n) is 23.8. The molecule has 0 saturated heterocycles. The minimum absolute atomic E-state index is 0.0437. The summed E-state index contributed by atoms with van der Waals surface area (Å²) in [7, 11) is 7.20. The maximum Gasteiger partial charge on any atom is 0.416 e. The zero-order chi connectivity index (χ0) is 30.3. The van der Waals surface area contributed by atoms with Crippen molar-refractivity contribution in [2.24, 2.45) is 11.6 Å². The molecule has 0 atom stereocenters. The highest BCUT2D eigenvalue weighted by atomic mass is 19.4. The molecule has 1 amide bonds. The molecule has 2 aromatic carbocycles. The molecule has 1 heterocycles. The average Bonchev–Trinajstić information content (AvgIpc) is 2.91. The summed E-state index contributed by atoms with van der Waals surface area (Å²) in [4.78, 5) is 21.1. The minimum Gasteiger partial charge on any atom is -0.495 e. The number of carbonyl (C=O) groups is 1. The minimum atomic E-state index is -4.57. The molecule has 220 valence electrons. The molecule has 0 aliphatic rings. The topological polar surface area (TPSA) is 113 Å². The van der Waals surface area contributed by atoms with Gasteiger partial charge in [0.15, 0.2) is 0 Å². The Kier molecular flexibility index (Phi) is 10.3. The molecule has 3 rings (SSSR count). The van der Waals surface area contributed by atoms with Gasteiger partial charge in [0.1, 0.15) is 5.75 Å². The monoisotopic (exact) mass is 571 g/mol. The predicted molar refractivity (Wildman–Crippen MR) is 155 cm³/mol. The molecule has 0 bridgehead atoms. The first-order chi connectivity index (χ1) is 19.3. The quantitative estimate of drug-likeness (QED) is 0.231. The summed E-state index contributed by atoms with van der Waals surface area (Å²) >= 11 is 0. The van der Waals surface area contributed by atoms with Crippen molar-refractivity contribution in [2.75, 3.05) is 51.7 Å². The van der Waals surface area contributed by atoms with E-state index in [2.05, 4.69) is 10.3 Å². The summed E-state index contributed by atoms with van der Waals surface area (Å²) in [5.41, 5.74) is 8.16. The van der Waals surface area contributed by atoms with Gasteiger partial charge >= 0.3 is 6.18 Å². The fourth-order valence-electron chi connectivity index (χ4n) is 3.99. The van der Waals surface area contributed by atoms with E-state index < -0.39 is 17.6 Å². The zero-order valence-corrected chi connectivity index (χ0v) is 23.8. The second kappa shape index (κ2) is 13.5. The van der Waals surface area contributed by atoms with Crippen LogP contribution in [-0.2, 0) is 12.7 Å². The Balaban J connectivity index is 1.84. The van der Waals surface area contributed by atoms with Gasteiger partial charge in [-0.05, 0) is 75.6 Å². The number of rotatable bonds is 11. The Morgan fingerprint density at radius 1 is 1.05 bits per heavy atom. The van der Waals surface area contributed by atoms with Crippen LogP contribution in [0.1, 0.15) is 32.6 Å². The fraction of sp³-hybridized carbons (Fsp3) is 0.310. The van der Waals surface area contributed by atoms with Crippen LogP contribution in [0.5, 0.6) is 5.75 Å². The molecule has 0 saturated carbocycles. The van der Waals surface area contributed by atoms with E-state index in [1.165, 1.54) is 18.3 Å². The number of pyridine rings is 1. The van der Waals surface area contributed by atoms with Crippen LogP contribution in [0.3, 0.4) is 0 Å². The van der Waals surface area contributed by atoms with Crippen LogP contribution in [0.15, 0.2) is 61.1 Å². The van der Waals surface area contributed by atoms with E-state index in [-0.39, 0.29) is 17.8 Å². The number of halogens is 3. The maximum absolute atomic E-state index is 13.7. The van der Waals surface area contributed by atoms with Crippen LogP contribution in [0.2, 0.25) is 0 Å². The van der Waals surface area contributed by atoms with Crippen molar-refractivity contribution in [3.05, 3.63) is 88.9 Å². The molecule has 0 aliphatic heterocycles. The molecule has 41 heavy (non-hydrogen) atoms. The van der Waals surface area contributed by atoms with E-state index in [0.29, 0.717) is 34.8 Å². The number of benzene rings is 2. The van der Waals surface area contributed by atoms with Gasteiger partial charge < -0.3 is 25.6 Å². The Morgan fingerprint density at radius 2 is 1.78 bits per heavy atom. The van der Waals surface area contributed by atoms with E-state index in [0.717, 1.165) is 24.2 Å². The van der Waals surface area contributed by atoms with E-state index in [1.54, 1.807) is 49.6 Å².